The van der Waals surface area contributed by atoms with E-state index < -0.39 is 0 Å². The molecule has 0 saturated carbocycles. The Kier molecular flexibility index (Phi) is 12.7. The number of halogens is 3. The zero-order valence-electron chi connectivity index (χ0n) is 14.7. The quantitative estimate of drug-likeness (QED) is 0.606. The summed E-state index contributed by atoms with van der Waals surface area (Å²) in [6.45, 7) is 3.47. The molecule has 0 amide bonds. The van der Waals surface area contributed by atoms with Gasteiger partial charge in [0.25, 0.3) is 0 Å². The molecule has 0 aromatic heterocycles. The van der Waals surface area contributed by atoms with Crippen molar-refractivity contribution in [2.75, 3.05) is 27.2 Å². The van der Waals surface area contributed by atoms with Crippen LogP contribution >= 0.6 is 36.4 Å². The minimum absolute atomic E-state index is 0. The average molecular weight is 406 g/mol. The van der Waals surface area contributed by atoms with Crippen molar-refractivity contribution in [2.24, 2.45) is 0 Å². The SMILES string of the molecule is CN(C)CCCNCc1cccc(OCc2ccccc2Cl)c1.Cl.Cl. The highest BCUT2D eigenvalue weighted by Gasteiger charge is 2.01. The molecule has 25 heavy (non-hydrogen) atoms. The smallest absolute Gasteiger partial charge is 0.120 e. The molecule has 0 aliphatic heterocycles. The van der Waals surface area contributed by atoms with E-state index in [1.807, 2.05) is 36.4 Å². The Morgan fingerprint density at radius 1 is 1.04 bits per heavy atom. The van der Waals surface area contributed by atoms with Gasteiger partial charge in [-0.05, 0) is 57.4 Å². The molecule has 0 heterocycles. The second kappa shape index (κ2) is 13.3. The van der Waals surface area contributed by atoms with Crippen LogP contribution in [-0.4, -0.2) is 32.1 Å². The maximum atomic E-state index is 6.15. The molecular formula is C19H27Cl3N2O. The van der Waals surface area contributed by atoms with Gasteiger partial charge in [-0.1, -0.05) is 41.9 Å². The molecule has 0 spiro atoms. The Bertz CT molecular complexity index is 609. The van der Waals surface area contributed by atoms with Gasteiger partial charge in [-0.2, -0.15) is 0 Å². The van der Waals surface area contributed by atoms with Crippen LogP contribution in [0, 0.1) is 0 Å². The lowest BCUT2D eigenvalue weighted by Gasteiger charge is -2.11. The zero-order chi connectivity index (χ0) is 16.5. The first-order valence-electron chi connectivity index (χ1n) is 7.96. The van der Waals surface area contributed by atoms with Gasteiger partial charge < -0.3 is 15.0 Å². The number of rotatable bonds is 9. The average Bonchev–Trinajstić information content (AvgIpc) is 2.54. The van der Waals surface area contributed by atoms with Crippen LogP contribution in [0.4, 0.5) is 0 Å². The number of ether oxygens (including phenoxy) is 1. The van der Waals surface area contributed by atoms with Gasteiger partial charge >= 0.3 is 0 Å². The van der Waals surface area contributed by atoms with E-state index in [4.69, 9.17) is 16.3 Å². The molecule has 0 aliphatic rings. The molecule has 0 radical (unpaired) electrons. The number of benzene rings is 2. The van der Waals surface area contributed by atoms with Crippen LogP contribution in [0.3, 0.4) is 0 Å². The highest BCUT2D eigenvalue weighted by molar-refractivity contribution is 6.31. The van der Waals surface area contributed by atoms with Crippen molar-refractivity contribution in [1.82, 2.24) is 10.2 Å². The molecule has 6 heteroatoms. The monoisotopic (exact) mass is 404 g/mol. The lowest BCUT2D eigenvalue weighted by Crippen LogP contribution is -2.20. The standard InChI is InChI=1S/C19H25ClN2O.2ClH/c1-22(2)12-6-11-21-14-16-7-5-9-18(13-16)23-15-17-8-3-4-10-19(17)20;;/h3-5,7-10,13,21H,6,11-12,14-15H2,1-2H3;2*1H. The Morgan fingerprint density at radius 2 is 1.80 bits per heavy atom. The van der Waals surface area contributed by atoms with Gasteiger partial charge in [-0.3, -0.25) is 0 Å². The molecule has 2 rings (SSSR count). The van der Waals surface area contributed by atoms with Gasteiger partial charge in [-0.15, -0.1) is 24.8 Å². The third-order valence-electron chi connectivity index (χ3n) is 3.54. The molecule has 0 fully saturated rings. The van der Waals surface area contributed by atoms with Crippen LogP contribution in [0.2, 0.25) is 5.02 Å². The third kappa shape index (κ3) is 9.34. The van der Waals surface area contributed by atoms with E-state index in [2.05, 4.69) is 36.4 Å². The van der Waals surface area contributed by atoms with Gasteiger partial charge in [0.05, 0.1) is 0 Å². The summed E-state index contributed by atoms with van der Waals surface area (Å²) in [5.74, 6) is 0.873. The van der Waals surface area contributed by atoms with Crippen molar-refractivity contribution in [1.29, 1.82) is 0 Å². The third-order valence-corrected chi connectivity index (χ3v) is 3.91. The zero-order valence-corrected chi connectivity index (χ0v) is 17.1. The summed E-state index contributed by atoms with van der Waals surface area (Å²) in [4.78, 5) is 2.20. The molecule has 0 saturated heterocycles. The van der Waals surface area contributed by atoms with Gasteiger partial charge in [0, 0.05) is 17.1 Å². The van der Waals surface area contributed by atoms with Gasteiger partial charge in [0.1, 0.15) is 12.4 Å². The molecule has 0 aliphatic carbocycles. The number of hydrogen-bond acceptors (Lipinski definition) is 3. The van der Waals surface area contributed by atoms with Gasteiger partial charge in [-0.25, -0.2) is 0 Å². The fraction of sp³-hybridized carbons (Fsp3) is 0.368. The largest absolute Gasteiger partial charge is 0.489 e. The molecule has 0 bridgehead atoms. The van der Waals surface area contributed by atoms with Crippen LogP contribution in [0.1, 0.15) is 17.5 Å². The first-order valence-corrected chi connectivity index (χ1v) is 8.33. The van der Waals surface area contributed by atoms with Crippen LogP contribution in [-0.2, 0) is 13.2 Å². The number of nitrogens with one attached hydrogen (secondary N) is 1. The molecule has 2 aromatic rings. The van der Waals surface area contributed by atoms with E-state index in [1.54, 1.807) is 0 Å². The highest BCUT2D eigenvalue weighted by Crippen LogP contribution is 2.19. The minimum atomic E-state index is 0. The molecule has 0 unspecified atom stereocenters. The number of nitrogens with zero attached hydrogens (tertiary/aromatic N) is 1. The van der Waals surface area contributed by atoms with E-state index in [-0.39, 0.29) is 24.8 Å². The Morgan fingerprint density at radius 3 is 2.52 bits per heavy atom. The molecule has 3 nitrogen and oxygen atoms in total. The lowest BCUT2D eigenvalue weighted by molar-refractivity contribution is 0.306. The minimum Gasteiger partial charge on any atom is -0.489 e. The van der Waals surface area contributed by atoms with Crippen molar-refractivity contribution < 1.29 is 4.74 Å². The van der Waals surface area contributed by atoms with E-state index >= 15 is 0 Å². The highest BCUT2D eigenvalue weighted by atomic mass is 35.5. The van der Waals surface area contributed by atoms with Crippen molar-refractivity contribution in [3.8, 4) is 5.75 Å². The van der Waals surface area contributed by atoms with E-state index in [0.717, 1.165) is 42.4 Å². The summed E-state index contributed by atoms with van der Waals surface area (Å²) in [6, 6.07) is 16.0. The summed E-state index contributed by atoms with van der Waals surface area (Å²) in [5.41, 5.74) is 2.23. The molecule has 1 N–H and O–H groups in total. The number of hydrogen-bond donors (Lipinski definition) is 1. The van der Waals surface area contributed by atoms with Gasteiger partial charge in [0.2, 0.25) is 0 Å². The predicted octanol–water partition coefficient (Wildman–Crippen LogP) is 4.80. The fourth-order valence-corrected chi connectivity index (χ4v) is 2.47. The summed E-state index contributed by atoms with van der Waals surface area (Å²) < 4.78 is 5.85. The Labute approximate surface area is 168 Å². The molecular weight excluding hydrogens is 379 g/mol. The summed E-state index contributed by atoms with van der Waals surface area (Å²) >= 11 is 6.15. The van der Waals surface area contributed by atoms with Gasteiger partial charge in [0.15, 0.2) is 0 Å². The molecule has 0 atom stereocenters. The maximum Gasteiger partial charge on any atom is 0.120 e. The summed E-state index contributed by atoms with van der Waals surface area (Å²) in [7, 11) is 4.19. The van der Waals surface area contributed by atoms with E-state index in [0.29, 0.717) is 6.61 Å². The van der Waals surface area contributed by atoms with Crippen molar-refractivity contribution >= 4 is 36.4 Å². The second-order valence-corrected chi connectivity index (χ2v) is 6.27. The first kappa shape index (κ1) is 24.0. The van der Waals surface area contributed by atoms with Crippen LogP contribution in [0.5, 0.6) is 5.75 Å². The van der Waals surface area contributed by atoms with Crippen LogP contribution < -0.4 is 10.1 Å². The summed E-state index contributed by atoms with van der Waals surface area (Å²) in [5, 5.41) is 4.21. The predicted molar refractivity (Wildman–Crippen MR) is 112 cm³/mol. The normalized spacial score (nSPS) is 10.1. The van der Waals surface area contributed by atoms with Crippen LogP contribution in [0.25, 0.3) is 0 Å². The van der Waals surface area contributed by atoms with E-state index in [1.165, 1.54) is 5.56 Å². The Hall–Kier alpha value is -0.970. The topological polar surface area (TPSA) is 24.5 Å². The maximum absolute atomic E-state index is 6.15. The van der Waals surface area contributed by atoms with Crippen molar-refractivity contribution in [2.45, 2.75) is 19.6 Å². The first-order chi connectivity index (χ1) is 11.1. The van der Waals surface area contributed by atoms with Crippen molar-refractivity contribution in [3.63, 3.8) is 0 Å². The molecule has 2 aromatic carbocycles. The van der Waals surface area contributed by atoms with Crippen LogP contribution in [0.15, 0.2) is 48.5 Å². The molecule has 140 valence electrons. The second-order valence-electron chi connectivity index (χ2n) is 5.86. The van der Waals surface area contributed by atoms with Crippen molar-refractivity contribution in [3.05, 3.63) is 64.7 Å². The van der Waals surface area contributed by atoms with E-state index in [9.17, 15) is 0 Å². The lowest BCUT2D eigenvalue weighted by atomic mass is 10.2. The fourth-order valence-electron chi connectivity index (χ4n) is 2.27. The Balaban J connectivity index is 0.00000288. The summed E-state index contributed by atoms with van der Waals surface area (Å²) in [6.07, 6.45) is 1.15.